The number of carboxylic acids is 1. The SMILES string of the molecule is CCOCCOc1ccc(C)nc1C(=O)O. The van der Waals surface area contributed by atoms with Crippen molar-refractivity contribution in [2.45, 2.75) is 13.8 Å². The number of pyridine rings is 1. The first-order valence-corrected chi connectivity index (χ1v) is 5.06. The molecule has 0 aliphatic heterocycles. The number of hydrogen-bond donors (Lipinski definition) is 1. The van der Waals surface area contributed by atoms with Gasteiger partial charge in [0.15, 0.2) is 11.4 Å². The molecule has 0 aliphatic rings. The minimum atomic E-state index is -1.09. The summed E-state index contributed by atoms with van der Waals surface area (Å²) in [5.41, 5.74) is 0.589. The number of hydrogen-bond acceptors (Lipinski definition) is 4. The van der Waals surface area contributed by atoms with Crippen LogP contribution in [0.25, 0.3) is 0 Å². The Bertz CT molecular complexity index is 365. The fourth-order valence-corrected chi connectivity index (χ4v) is 1.17. The van der Waals surface area contributed by atoms with Gasteiger partial charge in [0.2, 0.25) is 0 Å². The molecule has 0 amide bonds. The molecule has 0 radical (unpaired) electrons. The van der Waals surface area contributed by atoms with E-state index in [9.17, 15) is 4.79 Å². The third kappa shape index (κ3) is 3.51. The molecule has 1 aromatic rings. The zero-order valence-electron chi connectivity index (χ0n) is 9.40. The molecule has 0 bridgehead atoms. The average molecular weight is 225 g/mol. The Kier molecular flexibility index (Phi) is 4.72. The fraction of sp³-hybridized carbons (Fsp3) is 0.455. The van der Waals surface area contributed by atoms with Crippen molar-refractivity contribution in [1.82, 2.24) is 4.98 Å². The standard InChI is InChI=1S/C11H15NO4/c1-3-15-6-7-16-9-5-4-8(2)12-10(9)11(13)14/h4-5H,3,6-7H2,1-2H3,(H,13,14). The van der Waals surface area contributed by atoms with E-state index >= 15 is 0 Å². The molecule has 0 spiro atoms. The van der Waals surface area contributed by atoms with E-state index in [0.717, 1.165) is 0 Å². The molecule has 0 fully saturated rings. The van der Waals surface area contributed by atoms with Crippen LogP contribution in [0.15, 0.2) is 12.1 Å². The van der Waals surface area contributed by atoms with Gasteiger partial charge < -0.3 is 14.6 Å². The molecule has 1 heterocycles. The van der Waals surface area contributed by atoms with Gasteiger partial charge in [-0.15, -0.1) is 0 Å². The molecule has 5 nitrogen and oxygen atoms in total. The van der Waals surface area contributed by atoms with Crippen molar-refractivity contribution in [1.29, 1.82) is 0 Å². The number of carbonyl (C=O) groups is 1. The van der Waals surface area contributed by atoms with E-state index in [-0.39, 0.29) is 11.4 Å². The van der Waals surface area contributed by atoms with Crippen molar-refractivity contribution >= 4 is 5.97 Å². The zero-order chi connectivity index (χ0) is 12.0. The van der Waals surface area contributed by atoms with Crippen molar-refractivity contribution in [3.63, 3.8) is 0 Å². The second-order valence-electron chi connectivity index (χ2n) is 3.15. The predicted octanol–water partition coefficient (Wildman–Crippen LogP) is 1.50. The number of ether oxygens (including phenoxy) is 2. The molecule has 1 aromatic heterocycles. The smallest absolute Gasteiger partial charge is 0.358 e. The maximum absolute atomic E-state index is 10.9. The van der Waals surface area contributed by atoms with Crippen LogP contribution in [0.1, 0.15) is 23.1 Å². The highest BCUT2D eigenvalue weighted by Gasteiger charge is 2.13. The second-order valence-corrected chi connectivity index (χ2v) is 3.15. The molecule has 5 heteroatoms. The van der Waals surface area contributed by atoms with Gasteiger partial charge in [-0.3, -0.25) is 0 Å². The molecule has 0 saturated carbocycles. The van der Waals surface area contributed by atoms with Gasteiger partial charge in [0.05, 0.1) is 6.61 Å². The van der Waals surface area contributed by atoms with Crippen LogP contribution in [0.2, 0.25) is 0 Å². The molecule has 0 aliphatic carbocycles. The van der Waals surface area contributed by atoms with E-state index in [1.807, 2.05) is 6.92 Å². The maximum Gasteiger partial charge on any atom is 0.358 e. The first kappa shape index (κ1) is 12.4. The Balaban J connectivity index is 2.67. The Labute approximate surface area is 94.0 Å². The van der Waals surface area contributed by atoms with Gasteiger partial charge in [-0.2, -0.15) is 0 Å². The van der Waals surface area contributed by atoms with Crippen molar-refractivity contribution in [3.05, 3.63) is 23.5 Å². The highest BCUT2D eigenvalue weighted by atomic mass is 16.5. The zero-order valence-corrected chi connectivity index (χ0v) is 9.40. The molecule has 0 unspecified atom stereocenters. The lowest BCUT2D eigenvalue weighted by Gasteiger charge is -2.08. The van der Waals surface area contributed by atoms with Gasteiger partial charge >= 0.3 is 5.97 Å². The Morgan fingerprint density at radius 2 is 2.19 bits per heavy atom. The quantitative estimate of drug-likeness (QED) is 0.743. The third-order valence-corrected chi connectivity index (χ3v) is 1.89. The van der Waals surface area contributed by atoms with Crippen LogP contribution in [0.4, 0.5) is 0 Å². The molecule has 16 heavy (non-hydrogen) atoms. The van der Waals surface area contributed by atoms with Gasteiger partial charge in [0, 0.05) is 12.3 Å². The minimum absolute atomic E-state index is 0.0588. The van der Waals surface area contributed by atoms with Crippen LogP contribution in [0.5, 0.6) is 5.75 Å². The molecule has 0 saturated heterocycles. The largest absolute Gasteiger partial charge is 0.489 e. The summed E-state index contributed by atoms with van der Waals surface area (Å²) in [6.45, 7) is 4.98. The Morgan fingerprint density at radius 1 is 1.44 bits per heavy atom. The normalized spacial score (nSPS) is 10.1. The lowest BCUT2D eigenvalue weighted by atomic mass is 10.3. The maximum atomic E-state index is 10.9. The molecule has 1 N–H and O–H groups in total. The summed E-state index contributed by atoms with van der Waals surface area (Å²) in [5, 5.41) is 8.92. The first-order valence-electron chi connectivity index (χ1n) is 5.06. The van der Waals surface area contributed by atoms with E-state index in [0.29, 0.717) is 25.5 Å². The van der Waals surface area contributed by atoms with Crippen LogP contribution >= 0.6 is 0 Å². The number of aromatic nitrogens is 1. The van der Waals surface area contributed by atoms with Crippen LogP contribution in [0, 0.1) is 6.92 Å². The number of aromatic carboxylic acids is 1. The molecular formula is C11H15NO4. The van der Waals surface area contributed by atoms with Gasteiger partial charge in [-0.1, -0.05) is 0 Å². The predicted molar refractivity (Wildman–Crippen MR) is 57.9 cm³/mol. The summed E-state index contributed by atoms with van der Waals surface area (Å²) >= 11 is 0. The highest BCUT2D eigenvalue weighted by molar-refractivity contribution is 5.88. The number of aryl methyl sites for hydroxylation is 1. The monoisotopic (exact) mass is 225 g/mol. The van der Waals surface area contributed by atoms with E-state index in [2.05, 4.69) is 4.98 Å². The third-order valence-electron chi connectivity index (χ3n) is 1.89. The summed E-state index contributed by atoms with van der Waals surface area (Å²) in [5.74, 6) is -0.812. The van der Waals surface area contributed by atoms with Crippen molar-refractivity contribution in [2.24, 2.45) is 0 Å². The lowest BCUT2D eigenvalue weighted by molar-refractivity contribution is 0.0679. The number of nitrogens with zero attached hydrogens (tertiary/aromatic N) is 1. The van der Waals surface area contributed by atoms with E-state index < -0.39 is 5.97 Å². The molecule has 0 atom stereocenters. The van der Waals surface area contributed by atoms with Gasteiger partial charge in [-0.05, 0) is 26.0 Å². The summed E-state index contributed by atoms with van der Waals surface area (Å²) in [4.78, 5) is 14.8. The van der Waals surface area contributed by atoms with Crippen molar-refractivity contribution in [2.75, 3.05) is 19.8 Å². The number of rotatable bonds is 6. The van der Waals surface area contributed by atoms with Crippen LogP contribution in [-0.4, -0.2) is 35.9 Å². The minimum Gasteiger partial charge on any atom is -0.489 e. The van der Waals surface area contributed by atoms with Crippen molar-refractivity contribution in [3.8, 4) is 5.75 Å². The van der Waals surface area contributed by atoms with Crippen LogP contribution < -0.4 is 4.74 Å². The van der Waals surface area contributed by atoms with E-state index in [4.69, 9.17) is 14.6 Å². The molecular weight excluding hydrogens is 210 g/mol. The molecule has 88 valence electrons. The lowest BCUT2D eigenvalue weighted by Crippen LogP contribution is -2.11. The average Bonchev–Trinajstić information content (AvgIpc) is 2.26. The fourth-order valence-electron chi connectivity index (χ4n) is 1.17. The number of carboxylic acid groups (broad SMARTS) is 1. The Morgan fingerprint density at radius 3 is 2.81 bits per heavy atom. The second kappa shape index (κ2) is 6.07. The van der Waals surface area contributed by atoms with E-state index in [1.54, 1.807) is 19.1 Å². The van der Waals surface area contributed by atoms with Gasteiger partial charge in [0.25, 0.3) is 0 Å². The molecule has 0 aromatic carbocycles. The van der Waals surface area contributed by atoms with Gasteiger partial charge in [0.1, 0.15) is 6.61 Å². The Hall–Kier alpha value is -1.62. The van der Waals surface area contributed by atoms with Crippen LogP contribution in [0.3, 0.4) is 0 Å². The highest BCUT2D eigenvalue weighted by Crippen LogP contribution is 2.16. The van der Waals surface area contributed by atoms with Crippen LogP contribution in [-0.2, 0) is 4.74 Å². The summed E-state index contributed by atoms with van der Waals surface area (Å²) in [6, 6.07) is 3.32. The summed E-state index contributed by atoms with van der Waals surface area (Å²) in [6.07, 6.45) is 0. The van der Waals surface area contributed by atoms with Gasteiger partial charge in [-0.25, -0.2) is 9.78 Å². The van der Waals surface area contributed by atoms with E-state index in [1.165, 1.54) is 0 Å². The topological polar surface area (TPSA) is 68.7 Å². The summed E-state index contributed by atoms with van der Waals surface area (Å²) < 4.78 is 10.4. The first-order chi connectivity index (χ1) is 7.65. The molecule has 1 rings (SSSR count). The van der Waals surface area contributed by atoms with Crippen molar-refractivity contribution < 1.29 is 19.4 Å². The summed E-state index contributed by atoms with van der Waals surface area (Å²) in [7, 11) is 0.